The van der Waals surface area contributed by atoms with Gasteiger partial charge in [-0.15, -0.1) is 5.10 Å². The minimum Gasteiger partial charge on any atom is -0.399 e. The van der Waals surface area contributed by atoms with Gasteiger partial charge in [0.2, 0.25) is 0 Å². The fraction of sp³-hybridized carbons (Fsp3) is 0.312. The fourth-order valence-corrected chi connectivity index (χ4v) is 2.75. The van der Waals surface area contributed by atoms with Gasteiger partial charge in [-0.1, -0.05) is 11.3 Å². The van der Waals surface area contributed by atoms with Gasteiger partial charge >= 0.3 is 0 Å². The summed E-state index contributed by atoms with van der Waals surface area (Å²) in [5.41, 5.74) is 10.5. The zero-order valence-corrected chi connectivity index (χ0v) is 12.7. The summed E-state index contributed by atoms with van der Waals surface area (Å²) in [5.74, 6) is 1.76. The van der Waals surface area contributed by atoms with Crippen molar-refractivity contribution in [2.45, 2.75) is 25.7 Å². The summed E-state index contributed by atoms with van der Waals surface area (Å²) in [4.78, 5) is 4.53. The molecule has 1 fully saturated rings. The molecular weight excluding hydrogens is 276 g/mol. The molecular formula is C16H18N6. The molecule has 2 heterocycles. The highest BCUT2D eigenvalue weighted by atomic mass is 15.4. The minimum atomic E-state index is 0.616. The maximum Gasteiger partial charge on any atom is 0.131 e. The lowest BCUT2D eigenvalue weighted by Crippen LogP contribution is -1.99. The lowest BCUT2D eigenvalue weighted by Gasteiger charge is -2.05. The maximum atomic E-state index is 5.87. The molecule has 22 heavy (non-hydrogen) atoms. The number of hydrogen-bond acceptors (Lipinski definition) is 4. The fourth-order valence-electron chi connectivity index (χ4n) is 2.75. The van der Waals surface area contributed by atoms with E-state index in [0.29, 0.717) is 11.6 Å². The normalized spacial score (nSPS) is 14.5. The van der Waals surface area contributed by atoms with Crippen LogP contribution in [0.5, 0.6) is 0 Å². The van der Waals surface area contributed by atoms with Crippen LogP contribution in [0.3, 0.4) is 0 Å². The number of nitrogens with two attached hydrogens (primary N) is 1. The average Bonchev–Trinajstić information content (AvgIpc) is 3.10. The van der Waals surface area contributed by atoms with Gasteiger partial charge in [0.25, 0.3) is 0 Å². The molecule has 4 rings (SSSR count). The molecule has 0 unspecified atom stereocenters. The first kappa shape index (κ1) is 13.1. The molecule has 2 aromatic heterocycles. The Balaban J connectivity index is 1.73. The third kappa shape index (κ3) is 2.07. The van der Waals surface area contributed by atoms with Gasteiger partial charge in [0.05, 0.1) is 23.8 Å². The Morgan fingerprint density at radius 3 is 2.86 bits per heavy atom. The molecule has 6 nitrogen and oxygen atoms in total. The van der Waals surface area contributed by atoms with Gasteiger partial charge in [0.1, 0.15) is 11.5 Å². The van der Waals surface area contributed by atoms with Gasteiger partial charge in [-0.05, 0) is 37.5 Å². The van der Waals surface area contributed by atoms with Crippen molar-refractivity contribution in [3.05, 3.63) is 42.0 Å². The van der Waals surface area contributed by atoms with Crippen molar-refractivity contribution in [2.24, 2.45) is 7.05 Å². The molecule has 3 aromatic rings. The zero-order valence-electron chi connectivity index (χ0n) is 12.7. The SMILES string of the molecule is Cc1ccc(N)cc1-n1cc(-c2cnc(C3CC3)n2C)nn1. The van der Waals surface area contributed by atoms with Gasteiger partial charge < -0.3 is 10.3 Å². The highest BCUT2D eigenvalue weighted by Gasteiger charge is 2.28. The van der Waals surface area contributed by atoms with Crippen molar-refractivity contribution in [1.29, 1.82) is 0 Å². The summed E-state index contributed by atoms with van der Waals surface area (Å²) in [6.45, 7) is 2.03. The second kappa shape index (κ2) is 4.69. The Hall–Kier alpha value is -2.63. The lowest BCUT2D eigenvalue weighted by atomic mass is 10.2. The molecule has 1 aliphatic carbocycles. The van der Waals surface area contributed by atoms with Crippen LogP contribution in [0.4, 0.5) is 5.69 Å². The van der Waals surface area contributed by atoms with E-state index in [0.717, 1.165) is 28.5 Å². The number of aryl methyl sites for hydroxylation is 1. The summed E-state index contributed by atoms with van der Waals surface area (Å²) in [6, 6.07) is 5.79. The van der Waals surface area contributed by atoms with Crippen LogP contribution < -0.4 is 5.73 Å². The Bertz CT molecular complexity index is 840. The largest absolute Gasteiger partial charge is 0.399 e. The molecule has 0 saturated heterocycles. The lowest BCUT2D eigenvalue weighted by molar-refractivity contribution is 0.792. The van der Waals surface area contributed by atoms with Crippen LogP contribution in [0, 0.1) is 6.92 Å². The number of rotatable bonds is 3. The van der Waals surface area contributed by atoms with Gasteiger partial charge in [0, 0.05) is 18.7 Å². The van der Waals surface area contributed by atoms with Crippen LogP contribution in [0.1, 0.15) is 30.1 Å². The predicted octanol–water partition coefficient (Wildman–Crippen LogP) is 2.44. The molecule has 0 bridgehead atoms. The van der Waals surface area contributed by atoms with E-state index in [1.807, 2.05) is 44.6 Å². The summed E-state index contributed by atoms with van der Waals surface area (Å²) in [6.07, 6.45) is 6.28. The van der Waals surface area contributed by atoms with Crippen LogP contribution in [0.2, 0.25) is 0 Å². The van der Waals surface area contributed by atoms with Crippen LogP contribution >= 0.6 is 0 Å². The van der Waals surface area contributed by atoms with Gasteiger partial charge in [-0.25, -0.2) is 9.67 Å². The summed E-state index contributed by atoms with van der Waals surface area (Å²) in [5, 5.41) is 8.54. The first-order valence-electron chi connectivity index (χ1n) is 7.44. The average molecular weight is 294 g/mol. The molecule has 6 heteroatoms. The van der Waals surface area contributed by atoms with Crippen LogP contribution in [0.15, 0.2) is 30.6 Å². The summed E-state index contributed by atoms with van der Waals surface area (Å²) in [7, 11) is 2.04. The molecule has 2 N–H and O–H groups in total. The zero-order chi connectivity index (χ0) is 15.3. The Kier molecular flexibility index (Phi) is 2.79. The van der Waals surface area contributed by atoms with Gasteiger partial charge in [-0.3, -0.25) is 0 Å². The standard InChI is InChI=1S/C16H18N6/c1-10-3-6-12(17)7-14(10)22-9-13(19-20-22)15-8-18-16(21(15)2)11-4-5-11/h3,6-9,11H,4-5,17H2,1-2H3. The van der Waals surface area contributed by atoms with Crippen molar-refractivity contribution < 1.29 is 0 Å². The van der Waals surface area contributed by atoms with Crippen molar-refractivity contribution in [2.75, 3.05) is 5.73 Å². The Labute approximate surface area is 128 Å². The quantitative estimate of drug-likeness (QED) is 0.753. The molecule has 0 atom stereocenters. The van der Waals surface area contributed by atoms with Crippen LogP contribution in [0.25, 0.3) is 17.1 Å². The third-order valence-corrected chi connectivity index (χ3v) is 4.20. The first-order valence-corrected chi connectivity index (χ1v) is 7.44. The van der Waals surface area contributed by atoms with Crippen molar-refractivity contribution >= 4 is 5.69 Å². The van der Waals surface area contributed by atoms with E-state index in [-0.39, 0.29) is 0 Å². The van der Waals surface area contributed by atoms with E-state index < -0.39 is 0 Å². The molecule has 1 saturated carbocycles. The van der Waals surface area contributed by atoms with Crippen molar-refractivity contribution in [3.63, 3.8) is 0 Å². The second-order valence-electron chi connectivity index (χ2n) is 5.93. The van der Waals surface area contributed by atoms with Crippen molar-refractivity contribution in [1.82, 2.24) is 24.5 Å². The molecule has 112 valence electrons. The molecule has 0 amide bonds. The third-order valence-electron chi connectivity index (χ3n) is 4.20. The number of nitrogens with zero attached hydrogens (tertiary/aromatic N) is 5. The maximum absolute atomic E-state index is 5.87. The number of imidazole rings is 1. The topological polar surface area (TPSA) is 74.6 Å². The highest BCUT2D eigenvalue weighted by molar-refractivity contribution is 5.56. The number of hydrogen-bond donors (Lipinski definition) is 1. The van der Waals surface area contributed by atoms with E-state index in [9.17, 15) is 0 Å². The van der Waals surface area contributed by atoms with E-state index in [2.05, 4.69) is 19.9 Å². The number of aromatic nitrogens is 5. The molecule has 1 aromatic carbocycles. The van der Waals surface area contributed by atoms with E-state index in [1.165, 1.54) is 12.8 Å². The van der Waals surface area contributed by atoms with Gasteiger partial charge in [-0.2, -0.15) is 0 Å². The monoisotopic (exact) mass is 294 g/mol. The number of anilines is 1. The van der Waals surface area contributed by atoms with Crippen LogP contribution in [-0.2, 0) is 7.05 Å². The molecule has 0 spiro atoms. The summed E-state index contributed by atoms with van der Waals surface area (Å²) < 4.78 is 3.89. The number of benzene rings is 1. The molecule has 1 aliphatic rings. The van der Waals surface area contributed by atoms with E-state index >= 15 is 0 Å². The van der Waals surface area contributed by atoms with Gasteiger partial charge in [0.15, 0.2) is 0 Å². The van der Waals surface area contributed by atoms with Crippen molar-refractivity contribution in [3.8, 4) is 17.1 Å². The smallest absolute Gasteiger partial charge is 0.131 e. The molecule has 0 aliphatic heterocycles. The van der Waals surface area contributed by atoms with Crippen LogP contribution in [-0.4, -0.2) is 24.5 Å². The summed E-state index contributed by atoms with van der Waals surface area (Å²) >= 11 is 0. The highest BCUT2D eigenvalue weighted by Crippen LogP contribution is 2.40. The Morgan fingerprint density at radius 1 is 1.27 bits per heavy atom. The predicted molar refractivity (Wildman–Crippen MR) is 84.7 cm³/mol. The molecule has 0 radical (unpaired) electrons. The second-order valence-corrected chi connectivity index (χ2v) is 5.93. The van der Waals surface area contributed by atoms with E-state index in [4.69, 9.17) is 5.73 Å². The number of nitrogen functional groups attached to an aromatic ring is 1. The minimum absolute atomic E-state index is 0.616. The Morgan fingerprint density at radius 2 is 2.09 bits per heavy atom. The first-order chi connectivity index (χ1) is 10.6. The van der Waals surface area contributed by atoms with E-state index in [1.54, 1.807) is 4.68 Å².